The first kappa shape index (κ1) is 12.9. The predicted octanol–water partition coefficient (Wildman–Crippen LogP) is 2.42. The van der Waals surface area contributed by atoms with E-state index in [-0.39, 0.29) is 4.90 Å². The van der Waals surface area contributed by atoms with Crippen molar-refractivity contribution in [2.45, 2.75) is 11.8 Å². The second kappa shape index (κ2) is 4.39. The number of hydrogen-bond acceptors (Lipinski definition) is 3. The quantitative estimate of drug-likeness (QED) is 0.783. The Bertz CT molecular complexity index is 559. The number of hydrogen-bond donors (Lipinski definition) is 0. The van der Waals surface area contributed by atoms with Crippen molar-refractivity contribution in [3.63, 3.8) is 0 Å². The van der Waals surface area contributed by atoms with E-state index < -0.39 is 15.1 Å². The molecule has 0 heterocycles. The summed E-state index contributed by atoms with van der Waals surface area (Å²) < 4.78 is 23.0. The molecule has 0 unspecified atom stereocenters. The molecule has 86 valence electrons. The van der Waals surface area contributed by atoms with Crippen LogP contribution >= 0.6 is 11.6 Å². The van der Waals surface area contributed by atoms with Crippen LogP contribution in [0.3, 0.4) is 0 Å². The zero-order chi connectivity index (χ0) is 12.5. The number of sulfone groups is 1. The predicted molar refractivity (Wildman–Crippen MR) is 64.6 cm³/mol. The summed E-state index contributed by atoms with van der Waals surface area (Å²) in [7, 11) is -3.34. The van der Waals surface area contributed by atoms with E-state index in [2.05, 4.69) is 6.58 Å². The van der Waals surface area contributed by atoms with Crippen LogP contribution in [0.2, 0.25) is 0 Å². The Kier molecular flexibility index (Phi) is 3.55. The molecule has 0 saturated heterocycles. The van der Waals surface area contributed by atoms with Crippen LogP contribution in [0.1, 0.15) is 21.5 Å². The van der Waals surface area contributed by atoms with E-state index in [4.69, 9.17) is 11.6 Å². The van der Waals surface area contributed by atoms with Gasteiger partial charge in [0.25, 0.3) is 5.24 Å². The maximum Gasteiger partial charge on any atom is 0.252 e. The van der Waals surface area contributed by atoms with E-state index in [0.717, 1.165) is 6.26 Å². The molecular weight excluding hydrogens is 248 g/mol. The standard InChI is InChI=1S/C11H11ClO3S/c1-4-8-7(2)9(11(12)13)5-6-10(8)16(3,14)15/h4-6H,1H2,2-3H3. The van der Waals surface area contributed by atoms with Crippen LogP contribution in [0, 0.1) is 6.92 Å². The highest BCUT2D eigenvalue weighted by Crippen LogP contribution is 2.24. The van der Waals surface area contributed by atoms with Crippen molar-refractivity contribution in [1.82, 2.24) is 0 Å². The number of carbonyl (C=O) groups excluding carboxylic acids is 1. The molecule has 16 heavy (non-hydrogen) atoms. The summed E-state index contributed by atoms with van der Waals surface area (Å²) in [5.41, 5.74) is 1.25. The maximum atomic E-state index is 11.5. The zero-order valence-electron chi connectivity index (χ0n) is 8.95. The monoisotopic (exact) mass is 258 g/mol. The third-order valence-electron chi connectivity index (χ3n) is 2.29. The summed E-state index contributed by atoms with van der Waals surface area (Å²) in [6.07, 6.45) is 2.52. The molecule has 0 bridgehead atoms. The highest BCUT2D eigenvalue weighted by atomic mass is 35.5. The van der Waals surface area contributed by atoms with Crippen LogP contribution in [-0.4, -0.2) is 19.9 Å². The van der Waals surface area contributed by atoms with Gasteiger partial charge in [0.1, 0.15) is 0 Å². The number of halogens is 1. The molecule has 0 atom stereocenters. The molecule has 5 heteroatoms. The third-order valence-corrected chi connectivity index (χ3v) is 3.65. The highest BCUT2D eigenvalue weighted by molar-refractivity contribution is 7.90. The van der Waals surface area contributed by atoms with Crippen LogP contribution < -0.4 is 0 Å². The summed E-state index contributed by atoms with van der Waals surface area (Å²) in [5, 5.41) is -0.611. The second-order valence-corrected chi connectivity index (χ2v) is 5.73. The molecule has 0 spiro atoms. The lowest BCUT2D eigenvalue weighted by atomic mass is 10.0. The van der Waals surface area contributed by atoms with Gasteiger partial charge in [0.15, 0.2) is 9.84 Å². The minimum absolute atomic E-state index is 0.154. The highest BCUT2D eigenvalue weighted by Gasteiger charge is 2.17. The minimum Gasteiger partial charge on any atom is -0.276 e. The summed E-state index contributed by atoms with van der Waals surface area (Å²) in [6, 6.07) is 2.78. The molecule has 0 radical (unpaired) electrons. The summed E-state index contributed by atoms with van der Waals surface area (Å²) in [4.78, 5) is 11.2. The lowest BCUT2D eigenvalue weighted by molar-refractivity contribution is 0.108. The third kappa shape index (κ3) is 2.33. The molecule has 0 fully saturated rings. The van der Waals surface area contributed by atoms with Crippen molar-refractivity contribution >= 4 is 32.8 Å². The first-order valence-corrected chi connectivity index (χ1v) is 6.72. The summed E-state index contributed by atoms with van der Waals surface area (Å²) in [5.74, 6) is 0. The molecule has 0 amide bonds. The average molecular weight is 259 g/mol. The number of rotatable bonds is 3. The van der Waals surface area contributed by atoms with Gasteiger partial charge in [-0.25, -0.2) is 8.42 Å². The van der Waals surface area contributed by atoms with Gasteiger partial charge >= 0.3 is 0 Å². The molecule has 0 N–H and O–H groups in total. The SMILES string of the molecule is C=Cc1c(S(C)(=O)=O)ccc(C(=O)Cl)c1C. The number of benzene rings is 1. The molecule has 0 aliphatic carbocycles. The maximum absolute atomic E-state index is 11.5. The lowest BCUT2D eigenvalue weighted by Gasteiger charge is -2.10. The fourth-order valence-electron chi connectivity index (χ4n) is 1.49. The smallest absolute Gasteiger partial charge is 0.252 e. The second-order valence-electron chi connectivity index (χ2n) is 3.40. The first-order valence-electron chi connectivity index (χ1n) is 4.45. The molecular formula is C11H11ClO3S. The van der Waals surface area contributed by atoms with Crippen LogP contribution in [0.15, 0.2) is 23.6 Å². The Balaban J connectivity index is 3.67. The van der Waals surface area contributed by atoms with E-state index in [0.29, 0.717) is 16.7 Å². The summed E-state index contributed by atoms with van der Waals surface area (Å²) >= 11 is 5.38. The molecule has 0 saturated carbocycles. The molecule has 1 aromatic carbocycles. The van der Waals surface area contributed by atoms with Crippen LogP contribution in [-0.2, 0) is 9.84 Å². The fraction of sp³-hybridized carbons (Fsp3) is 0.182. The van der Waals surface area contributed by atoms with Crippen molar-refractivity contribution < 1.29 is 13.2 Å². The van der Waals surface area contributed by atoms with Gasteiger partial charge in [0.05, 0.1) is 4.90 Å². The Labute approximate surface area is 99.7 Å². The first-order chi connectivity index (χ1) is 7.29. The number of carbonyl (C=O) groups is 1. The van der Waals surface area contributed by atoms with Crippen molar-refractivity contribution in [3.8, 4) is 0 Å². The Morgan fingerprint density at radius 3 is 2.38 bits per heavy atom. The largest absolute Gasteiger partial charge is 0.276 e. The Hall–Kier alpha value is -1.13. The Morgan fingerprint density at radius 1 is 1.44 bits per heavy atom. The van der Waals surface area contributed by atoms with E-state index in [9.17, 15) is 13.2 Å². The Morgan fingerprint density at radius 2 is 2.00 bits per heavy atom. The molecule has 0 aliphatic heterocycles. The zero-order valence-corrected chi connectivity index (χ0v) is 10.5. The van der Waals surface area contributed by atoms with Gasteiger partial charge in [-0.15, -0.1) is 0 Å². The molecule has 0 aliphatic rings. The molecule has 3 nitrogen and oxygen atoms in total. The van der Waals surface area contributed by atoms with Gasteiger partial charge in [-0.05, 0) is 41.8 Å². The average Bonchev–Trinajstić information content (AvgIpc) is 2.15. The van der Waals surface area contributed by atoms with Gasteiger partial charge in [0, 0.05) is 11.8 Å². The molecule has 0 aromatic heterocycles. The van der Waals surface area contributed by atoms with Gasteiger partial charge < -0.3 is 0 Å². The minimum atomic E-state index is -3.34. The van der Waals surface area contributed by atoms with E-state index in [1.807, 2.05) is 0 Å². The van der Waals surface area contributed by atoms with Crippen molar-refractivity contribution in [2.75, 3.05) is 6.26 Å². The van der Waals surface area contributed by atoms with E-state index >= 15 is 0 Å². The van der Waals surface area contributed by atoms with Crippen molar-refractivity contribution in [3.05, 3.63) is 35.4 Å². The van der Waals surface area contributed by atoms with Crippen molar-refractivity contribution in [2.24, 2.45) is 0 Å². The van der Waals surface area contributed by atoms with Gasteiger partial charge in [-0.2, -0.15) is 0 Å². The topological polar surface area (TPSA) is 51.2 Å². The van der Waals surface area contributed by atoms with Crippen LogP contribution in [0.4, 0.5) is 0 Å². The molecule has 1 rings (SSSR count). The normalized spacial score (nSPS) is 11.2. The van der Waals surface area contributed by atoms with Gasteiger partial charge in [0.2, 0.25) is 0 Å². The van der Waals surface area contributed by atoms with Gasteiger partial charge in [-0.1, -0.05) is 12.7 Å². The van der Waals surface area contributed by atoms with Crippen LogP contribution in [0.5, 0.6) is 0 Å². The van der Waals surface area contributed by atoms with Gasteiger partial charge in [-0.3, -0.25) is 4.79 Å². The lowest BCUT2D eigenvalue weighted by Crippen LogP contribution is -2.05. The molecule has 1 aromatic rings. The van der Waals surface area contributed by atoms with Crippen molar-refractivity contribution in [1.29, 1.82) is 0 Å². The van der Waals surface area contributed by atoms with Crippen LogP contribution in [0.25, 0.3) is 6.08 Å². The summed E-state index contributed by atoms with van der Waals surface area (Å²) in [6.45, 7) is 5.19. The van der Waals surface area contributed by atoms with E-state index in [1.54, 1.807) is 6.92 Å². The van der Waals surface area contributed by atoms with E-state index in [1.165, 1.54) is 18.2 Å². The fourth-order valence-corrected chi connectivity index (χ4v) is 2.65.